The number of rotatable bonds is 7. The van der Waals surface area contributed by atoms with Crippen LogP contribution in [0.3, 0.4) is 0 Å². The topological polar surface area (TPSA) is 87.3 Å². The van der Waals surface area contributed by atoms with Crippen molar-refractivity contribution in [3.05, 3.63) is 64.2 Å². The highest BCUT2D eigenvalue weighted by atomic mass is 35.5. The lowest BCUT2D eigenvalue weighted by atomic mass is 10.0. The molecule has 0 fully saturated rings. The molecule has 29 heavy (non-hydrogen) atoms. The minimum absolute atomic E-state index is 0.155. The van der Waals surface area contributed by atoms with Crippen molar-refractivity contribution in [2.45, 2.75) is 33.7 Å². The Labute approximate surface area is 176 Å². The van der Waals surface area contributed by atoms with Gasteiger partial charge >= 0.3 is 0 Å². The summed E-state index contributed by atoms with van der Waals surface area (Å²) in [5, 5.41) is 8.42. The average Bonchev–Trinajstić information content (AvgIpc) is 2.66. The Morgan fingerprint density at radius 2 is 1.72 bits per heavy atom. The molecule has 0 aliphatic carbocycles. The summed E-state index contributed by atoms with van der Waals surface area (Å²) in [6.45, 7) is 7.16. The first-order chi connectivity index (χ1) is 13.7. The van der Waals surface area contributed by atoms with E-state index in [1.165, 1.54) is 0 Å². The van der Waals surface area contributed by atoms with Gasteiger partial charge < -0.3 is 16.0 Å². The van der Waals surface area contributed by atoms with E-state index in [2.05, 4.69) is 16.0 Å². The number of halogens is 1. The van der Waals surface area contributed by atoms with Gasteiger partial charge in [0.05, 0.1) is 17.3 Å². The number of amides is 3. The SMILES string of the molecule is Cc1ccc(NC(=O)CNC(=O)C(NC(=O)c2ccccc2C)C(C)C)c(Cl)c1. The molecule has 0 saturated carbocycles. The fourth-order valence-corrected chi connectivity index (χ4v) is 3.06. The molecular formula is C22H26ClN3O3. The van der Waals surface area contributed by atoms with Crippen molar-refractivity contribution >= 4 is 35.0 Å². The summed E-state index contributed by atoms with van der Waals surface area (Å²) in [6.07, 6.45) is 0. The van der Waals surface area contributed by atoms with Crippen molar-refractivity contribution in [2.24, 2.45) is 5.92 Å². The summed E-state index contributed by atoms with van der Waals surface area (Å²) in [6, 6.07) is 11.7. The van der Waals surface area contributed by atoms with Crippen LogP contribution < -0.4 is 16.0 Å². The van der Waals surface area contributed by atoms with Crippen LogP contribution in [0.2, 0.25) is 5.02 Å². The minimum Gasteiger partial charge on any atom is -0.345 e. The molecule has 154 valence electrons. The Kier molecular flexibility index (Phi) is 7.79. The highest BCUT2D eigenvalue weighted by Gasteiger charge is 2.25. The van der Waals surface area contributed by atoms with Crippen LogP contribution in [-0.4, -0.2) is 30.3 Å². The summed E-state index contributed by atoms with van der Waals surface area (Å²) in [5.41, 5.74) is 2.79. The van der Waals surface area contributed by atoms with Crippen molar-refractivity contribution in [3.8, 4) is 0 Å². The van der Waals surface area contributed by atoms with Gasteiger partial charge in [0.1, 0.15) is 6.04 Å². The van der Waals surface area contributed by atoms with E-state index in [4.69, 9.17) is 11.6 Å². The Hall–Kier alpha value is -2.86. The monoisotopic (exact) mass is 415 g/mol. The Bertz CT molecular complexity index is 912. The van der Waals surface area contributed by atoms with E-state index in [-0.39, 0.29) is 18.4 Å². The van der Waals surface area contributed by atoms with Crippen molar-refractivity contribution in [1.29, 1.82) is 0 Å². The third kappa shape index (κ3) is 6.32. The molecule has 0 aromatic heterocycles. The first kappa shape index (κ1) is 22.4. The number of carbonyl (C=O) groups is 3. The van der Waals surface area contributed by atoms with Gasteiger partial charge in [-0.05, 0) is 49.1 Å². The molecule has 3 N–H and O–H groups in total. The van der Waals surface area contributed by atoms with Crippen LogP contribution in [0, 0.1) is 19.8 Å². The van der Waals surface area contributed by atoms with Gasteiger partial charge in [-0.15, -0.1) is 0 Å². The molecule has 1 atom stereocenters. The van der Waals surface area contributed by atoms with E-state index in [0.29, 0.717) is 16.3 Å². The fraction of sp³-hybridized carbons (Fsp3) is 0.318. The average molecular weight is 416 g/mol. The van der Waals surface area contributed by atoms with E-state index < -0.39 is 17.9 Å². The number of anilines is 1. The number of nitrogens with one attached hydrogen (secondary N) is 3. The standard InChI is InChI=1S/C22H26ClN3O3/c1-13(2)20(26-21(28)16-8-6-5-7-15(16)4)22(29)24-12-19(27)25-18-10-9-14(3)11-17(18)23/h5-11,13,20H,12H2,1-4H3,(H,24,29)(H,25,27)(H,26,28). The second-order valence-corrected chi connectivity index (χ2v) is 7.67. The molecule has 0 spiro atoms. The van der Waals surface area contributed by atoms with Gasteiger partial charge in [0.2, 0.25) is 11.8 Å². The van der Waals surface area contributed by atoms with Gasteiger partial charge in [-0.1, -0.05) is 49.7 Å². The molecule has 1 unspecified atom stereocenters. The lowest BCUT2D eigenvalue weighted by molar-refractivity contribution is -0.126. The molecule has 2 aromatic rings. The summed E-state index contributed by atoms with van der Waals surface area (Å²) >= 11 is 6.11. The van der Waals surface area contributed by atoms with Crippen molar-refractivity contribution in [1.82, 2.24) is 10.6 Å². The van der Waals surface area contributed by atoms with Crippen molar-refractivity contribution < 1.29 is 14.4 Å². The summed E-state index contributed by atoms with van der Waals surface area (Å²) < 4.78 is 0. The predicted octanol–water partition coefficient (Wildman–Crippen LogP) is 3.47. The predicted molar refractivity (Wildman–Crippen MR) is 115 cm³/mol. The Balaban J connectivity index is 1.96. The summed E-state index contributed by atoms with van der Waals surface area (Å²) in [5.74, 6) is -1.31. The molecule has 0 heterocycles. The van der Waals surface area contributed by atoms with Gasteiger partial charge in [-0.25, -0.2) is 0 Å². The maximum absolute atomic E-state index is 12.6. The summed E-state index contributed by atoms with van der Waals surface area (Å²) in [4.78, 5) is 37.3. The van der Waals surface area contributed by atoms with Crippen LogP contribution in [0.5, 0.6) is 0 Å². The molecular weight excluding hydrogens is 390 g/mol. The molecule has 0 saturated heterocycles. The first-order valence-corrected chi connectivity index (χ1v) is 9.77. The van der Waals surface area contributed by atoms with E-state index in [1.807, 2.05) is 45.9 Å². The fourth-order valence-electron chi connectivity index (χ4n) is 2.77. The molecule has 2 aromatic carbocycles. The molecule has 6 nitrogen and oxygen atoms in total. The lowest BCUT2D eigenvalue weighted by Crippen LogP contribution is -2.51. The number of carbonyl (C=O) groups excluding carboxylic acids is 3. The lowest BCUT2D eigenvalue weighted by Gasteiger charge is -2.22. The van der Waals surface area contributed by atoms with Crippen LogP contribution in [0.1, 0.15) is 35.3 Å². The van der Waals surface area contributed by atoms with Gasteiger partial charge in [0.15, 0.2) is 0 Å². The number of hydrogen-bond acceptors (Lipinski definition) is 3. The van der Waals surface area contributed by atoms with Gasteiger partial charge in [-0.2, -0.15) is 0 Å². The smallest absolute Gasteiger partial charge is 0.252 e. The van der Waals surface area contributed by atoms with Crippen molar-refractivity contribution in [2.75, 3.05) is 11.9 Å². The maximum Gasteiger partial charge on any atom is 0.252 e. The third-order valence-electron chi connectivity index (χ3n) is 4.45. The quantitative estimate of drug-likeness (QED) is 0.647. The molecule has 0 aliphatic rings. The van der Waals surface area contributed by atoms with Gasteiger partial charge in [0.25, 0.3) is 5.91 Å². The Morgan fingerprint density at radius 3 is 2.34 bits per heavy atom. The van der Waals surface area contributed by atoms with Crippen LogP contribution in [0.4, 0.5) is 5.69 Å². The number of hydrogen-bond donors (Lipinski definition) is 3. The largest absolute Gasteiger partial charge is 0.345 e. The van der Waals surface area contributed by atoms with Gasteiger partial charge in [-0.3, -0.25) is 14.4 Å². The van der Waals surface area contributed by atoms with E-state index >= 15 is 0 Å². The van der Waals surface area contributed by atoms with Crippen LogP contribution in [-0.2, 0) is 9.59 Å². The highest BCUT2D eigenvalue weighted by Crippen LogP contribution is 2.22. The second-order valence-electron chi connectivity index (χ2n) is 7.26. The zero-order valence-corrected chi connectivity index (χ0v) is 17.8. The van der Waals surface area contributed by atoms with Crippen LogP contribution in [0.15, 0.2) is 42.5 Å². The third-order valence-corrected chi connectivity index (χ3v) is 4.76. The first-order valence-electron chi connectivity index (χ1n) is 9.39. The molecule has 0 radical (unpaired) electrons. The normalized spacial score (nSPS) is 11.7. The van der Waals surface area contributed by atoms with E-state index in [0.717, 1.165) is 11.1 Å². The molecule has 7 heteroatoms. The Morgan fingerprint density at radius 1 is 1.03 bits per heavy atom. The van der Waals surface area contributed by atoms with E-state index in [9.17, 15) is 14.4 Å². The summed E-state index contributed by atoms with van der Waals surface area (Å²) in [7, 11) is 0. The number of aryl methyl sites for hydroxylation is 2. The maximum atomic E-state index is 12.6. The van der Waals surface area contributed by atoms with Crippen LogP contribution >= 0.6 is 11.6 Å². The second kappa shape index (κ2) is 10.1. The van der Waals surface area contributed by atoms with Crippen LogP contribution in [0.25, 0.3) is 0 Å². The zero-order valence-electron chi connectivity index (χ0n) is 17.0. The molecule has 0 bridgehead atoms. The molecule has 3 amide bonds. The van der Waals surface area contributed by atoms with Crippen molar-refractivity contribution in [3.63, 3.8) is 0 Å². The van der Waals surface area contributed by atoms with Gasteiger partial charge in [0, 0.05) is 5.56 Å². The van der Waals surface area contributed by atoms with E-state index in [1.54, 1.807) is 24.3 Å². The minimum atomic E-state index is -0.766. The zero-order chi connectivity index (χ0) is 21.6. The molecule has 0 aliphatic heterocycles. The molecule has 2 rings (SSSR count). The highest BCUT2D eigenvalue weighted by molar-refractivity contribution is 6.33. The number of benzene rings is 2.